The first-order chi connectivity index (χ1) is 9.67. The second-order valence-corrected chi connectivity index (χ2v) is 7.51. The van der Waals surface area contributed by atoms with Gasteiger partial charge in [0.25, 0.3) is 0 Å². The van der Waals surface area contributed by atoms with Crippen molar-refractivity contribution in [2.75, 3.05) is 7.11 Å². The van der Waals surface area contributed by atoms with Gasteiger partial charge in [-0.3, -0.25) is 4.79 Å². The highest BCUT2D eigenvalue weighted by atomic mass is 79.9. The fourth-order valence-electron chi connectivity index (χ4n) is 1.74. The molecule has 1 rings (SSSR count). The highest BCUT2D eigenvalue weighted by molar-refractivity contribution is 9.10. The van der Waals surface area contributed by atoms with Gasteiger partial charge in [0, 0.05) is 0 Å². The molecule has 0 spiro atoms. The minimum Gasteiger partial charge on any atom is -0.496 e. The lowest BCUT2D eigenvalue weighted by molar-refractivity contribution is -0.139. The molecule has 21 heavy (non-hydrogen) atoms. The predicted octanol–water partition coefficient (Wildman–Crippen LogP) is 2.24. The summed E-state index contributed by atoms with van der Waals surface area (Å²) < 4.78 is 32.2. The molecular weight excluding hydrogens is 362 g/mol. The largest absolute Gasteiger partial charge is 0.496 e. The average Bonchev–Trinajstić information content (AvgIpc) is 2.36. The molecular formula is C13H18BrNO5S. The third-order valence-corrected chi connectivity index (χ3v) is 4.83. The van der Waals surface area contributed by atoms with E-state index < -0.39 is 22.0 Å². The Hall–Kier alpha value is -1.12. The van der Waals surface area contributed by atoms with E-state index in [1.165, 1.54) is 25.3 Å². The van der Waals surface area contributed by atoms with Gasteiger partial charge in [-0.25, -0.2) is 8.42 Å². The molecule has 6 nitrogen and oxygen atoms in total. The van der Waals surface area contributed by atoms with E-state index in [2.05, 4.69) is 20.7 Å². The Labute approximate surface area is 132 Å². The quantitative estimate of drug-likeness (QED) is 0.757. The van der Waals surface area contributed by atoms with Gasteiger partial charge < -0.3 is 9.84 Å². The molecule has 2 N–H and O–H groups in total. The second kappa shape index (κ2) is 7.24. The molecule has 0 amide bonds. The molecule has 1 atom stereocenters. The molecule has 8 heteroatoms. The highest BCUT2D eigenvalue weighted by Gasteiger charge is 2.26. The third-order valence-electron chi connectivity index (χ3n) is 2.74. The Kier molecular flexibility index (Phi) is 6.18. The minimum atomic E-state index is -3.91. The fraction of sp³-hybridized carbons (Fsp3) is 0.462. The molecule has 118 valence electrons. The van der Waals surface area contributed by atoms with E-state index >= 15 is 0 Å². The third kappa shape index (κ3) is 4.98. The number of carboxylic acids is 1. The Bertz CT molecular complexity index is 615. The van der Waals surface area contributed by atoms with Crippen LogP contribution in [0.1, 0.15) is 20.3 Å². The number of ether oxygens (including phenoxy) is 1. The van der Waals surface area contributed by atoms with E-state index in [1.807, 2.05) is 13.8 Å². The van der Waals surface area contributed by atoms with E-state index in [0.717, 1.165) is 0 Å². The van der Waals surface area contributed by atoms with Gasteiger partial charge in [-0.2, -0.15) is 4.72 Å². The van der Waals surface area contributed by atoms with Gasteiger partial charge in [-0.1, -0.05) is 13.8 Å². The molecule has 0 aliphatic heterocycles. The summed E-state index contributed by atoms with van der Waals surface area (Å²) in [5, 5.41) is 9.11. The number of benzene rings is 1. The number of nitrogens with one attached hydrogen (secondary N) is 1. The lowest BCUT2D eigenvalue weighted by Crippen LogP contribution is -2.41. The Morgan fingerprint density at radius 3 is 2.48 bits per heavy atom. The first kappa shape index (κ1) is 17.9. The summed E-state index contributed by atoms with van der Waals surface area (Å²) in [6.45, 7) is 3.66. The van der Waals surface area contributed by atoms with Crippen LogP contribution in [0.15, 0.2) is 27.6 Å². The Balaban J connectivity index is 3.04. The molecule has 0 saturated carbocycles. The summed E-state index contributed by atoms with van der Waals surface area (Å²) in [6.07, 6.45) is 0.214. The standard InChI is InChI=1S/C13H18BrNO5S/c1-8(2)6-11(13(16)17)15-21(18,19)9-4-5-12(20-3)10(14)7-9/h4-5,7-8,11,15H,6H2,1-3H3,(H,16,17). The van der Waals surface area contributed by atoms with Crippen LogP contribution in [0.3, 0.4) is 0 Å². The van der Waals surface area contributed by atoms with Gasteiger partial charge in [0.15, 0.2) is 0 Å². The number of halogens is 1. The SMILES string of the molecule is COc1ccc(S(=O)(=O)NC(CC(C)C)C(=O)O)cc1Br. The van der Waals surface area contributed by atoms with Gasteiger partial charge in [-0.05, 0) is 46.5 Å². The van der Waals surface area contributed by atoms with Crippen molar-refractivity contribution in [2.24, 2.45) is 5.92 Å². The fourth-order valence-corrected chi connectivity index (χ4v) is 3.66. The van der Waals surface area contributed by atoms with Crippen molar-refractivity contribution in [3.63, 3.8) is 0 Å². The van der Waals surface area contributed by atoms with Crippen LogP contribution >= 0.6 is 15.9 Å². The molecule has 1 unspecified atom stereocenters. The van der Waals surface area contributed by atoms with Gasteiger partial charge >= 0.3 is 5.97 Å². The van der Waals surface area contributed by atoms with Crippen molar-refractivity contribution in [3.05, 3.63) is 22.7 Å². The van der Waals surface area contributed by atoms with Gasteiger partial charge in [0.2, 0.25) is 10.0 Å². The summed E-state index contributed by atoms with van der Waals surface area (Å²) in [7, 11) is -2.45. The number of hydrogen-bond acceptors (Lipinski definition) is 4. The van der Waals surface area contributed by atoms with Crippen molar-refractivity contribution in [1.29, 1.82) is 0 Å². The first-order valence-electron chi connectivity index (χ1n) is 6.26. The summed E-state index contributed by atoms with van der Waals surface area (Å²) in [5.74, 6) is -0.651. The van der Waals surface area contributed by atoms with Crippen LogP contribution in [0, 0.1) is 5.92 Å². The number of hydrogen-bond donors (Lipinski definition) is 2. The van der Waals surface area contributed by atoms with Crippen molar-refractivity contribution in [1.82, 2.24) is 4.72 Å². The Morgan fingerprint density at radius 2 is 2.05 bits per heavy atom. The minimum absolute atomic E-state index is 0.0230. The normalized spacial score (nSPS) is 13.2. The zero-order chi connectivity index (χ0) is 16.2. The first-order valence-corrected chi connectivity index (χ1v) is 8.53. The van der Waals surface area contributed by atoms with Crippen LogP contribution in [0.2, 0.25) is 0 Å². The molecule has 0 aromatic heterocycles. The van der Waals surface area contributed by atoms with Crippen LogP contribution in [0.4, 0.5) is 0 Å². The van der Waals surface area contributed by atoms with Crippen LogP contribution in [-0.4, -0.2) is 32.6 Å². The lowest BCUT2D eigenvalue weighted by Gasteiger charge is -2.17. The molecule has 1 aromatic rings. The number of methoxy groups -OCH3 is 1. The summed E-state index contributed by atoms with van der Waals surface area (Å²) in [5.41, 5.74) is 0. The van der Waals surface area contributed by atoms with E-state index in [-0.39, 0.29) is 17.2 Å². The number of carboxylic acid groups (broad SMARTS) is 1. The lowest BCUT2D eigenvalue weighted by atomic mass is 10.1. The van der Waals surface area contributed by atoms with E-state index in [9.17, 15) is 13.2 Å². The van der Waals surface area contributed by atoms with Crippen LogP contribution in [-0.2, 0) is 14.8 Å². The maximum atomic E-state index is 12.2. The van der Waals surface area contributed by atoms with Crippen LogP contribution in [0.25, 0.3) is 0 Å². The maximum absolute atomic E-state index is 12.2. The molecule has 0 fully saturated rings. The van der Waals surface area contributed by atoms with Crippen molar-refractivity contribution >= 4 is 31.9 Å². The molecule has 0 aliphatic carbocycles. The van der Waals surface area contributed by atoms with Crippen LogP contribution < -0.4 is 9.46 Å². The summed E-state index contributed by atoms with van der Waals surface area (Å²) in [6, 6.07) is 3.07. The van der Waals surface area contributed by atoms with Crippen LogP contribution in [0.5, 0.6) is 5.75 Å². The van der Waals surface area contributed by atoms with Crippen molar-refractivity contribution in [2.45, 2.75) is 31.2 Å². The van der Waals surface area contributed by atoms with E-state index in [0.29, 0.717) is 10.2 Å². The Morgan fingerprint density at radius 1 is 1.43 bits per heavy atom. The molecule has 0 heterocycles. The number of rotatable bonds is 7. The smallest absolute Gasteiger partial charge is 0.321 e. The summed E-state index contributed by atoms with van der Waals surface area (Å²) >= 11 is 3.20. The second-order valence-electron chi connectivity index (χ2n) is 4.94. The van der Waals surface area contributed by atoms with Gasteiger partial charge in [-0.15, -0.1) is 0 Å². The molecule has 1 aromatic carbocycles. The topological polar surface area (TPSA) is 92.7 Å². The number of aliphatic carboxylic acids is 1. The van der Waals surface area contributed by atoms with E-state index in [4.69, 9.17) is 9.84 Å². The molecule has 0 saturated heterocycles. The van der Waals surface area contributed by atoms with Gasteiger partial charge in [0.1, 0.15) is 11.8 Å². The predicted molar refractivity (Wildman–Crippen MR) is 81.9 cm³/mol. The highest BCUT2D eigenvalue weighted by Crippen LogP contribution is 2.27. The number of sulfonamides is 1. The molecule has 0 bridgehead atoms. The van der Waals surface area contributed by atoms with Gasteiger partial charge in [0.05, 0.1) is 16.5 Å². The van der Waals surface area contributed by atoms with Crippen molar-refractivity contribution in [3.8, 4) is 5.75 Å². The summed E-state index contributed by atoms with van der Waals surface area (Å²) in [4.78, 5) is 11.1. The monoisotopic (exact) mass is 379 g/mol. The number of carbonyl (C=O) groups is 1. The van der Waals surface area contributed by atoms with Crippen molar-refractivity contribution < 1.29 is 23.1 Å². The maximum Gasteiger partial charge on any atom is 0.321 e. The molecule has 0 radical (unpaired) electrons. The zero-order valence-electron chi connectivity index (χ0n) is 12.0. The molecule has 0 aliphatic rings. The average molecular weight is 380 g/mol. The van der Waals surface area contributed by atoms with E-state index in [1.54, 1.807) is 0 Å². The zero-order valence-corrected chi connectivity index (χ0v) is 14.4.